The average molecular weight is 312 g/mol. The Morgan fingerprint density at radius 1 is 1.04 bits per heavy atom. The Kier molecular flexibility index (Phi) is 5.63. The molecule has 0 unspecified atom stereocenters. The van der Waals surface area contributed by atoms with E-state index in [1.54, 1.807) is 12.1 Å². The highest BCUT2D eigenvalue weighted by molar-refractivity contribution is 5.89. The van der Waals surface area contributed by atoms with Crippen LogP contribution < -0.4 is 4.57 Å². The Hall–Kier alpha value is -2.95. The molecule has 2 rings (SSSR count). The predicted molar refractivity (Wildman–Crippen MR) is 85.6 cm³/mol. The first-order valence-electron chi connectivity index (χ1n) is 7.16. The summed E-state index contributed by atoms with van der Waals surface area (Å²) >= 11 is 0. The first-order valence-corrected chi connectivity index (χ1v) is 7.16. The summed E-state index contributed by atoms with van der Waals surface area (Å²) in [4.78, 5) is 21.9. The fourth-order valence-corrected chi connectivity index (χ4v) is 1.99. The number of ether oxygens (including phenoxy) is 1. The third kappa shape index (κ3) is 5.07. The standard InChI is InChI=1S/C18H17NO4/c1-23-18(22)16-6-4-14(5-7-16)2-3-15-8-11-19(12-9-15)13-10-17(20)21/h2-9,11-12H,10,13H2,1H3/p+1/b3-2-. The van der Waals surface area contributed by atoms with Crippen molar-refractivity contribution in [2.24, 2.45) is 0 Å². The van der Waals surface area contributed by atoms with E-state index in [-0.39, 0.29) is 12.4 Å². The van der Waals surface area contributed by atoms with Crippen LogP contribution in [-0.4, -0.2) is 24.2 Å². The Balaban J connectivity index is 1.99. The second kappa shape index (κ2) is 7.89. The van der Waals surface area contributed by atoms with Crippen molar-refractivity contribution >= 4 is 24.1 Å². The minimum atomic E-state index is -0.808. The van der Waals surface area contributed by atoms with Gasteiger partial charge in [0.25, 0.3) is 0 Å². The number of aromatic nitrogens is 1. The Bertz CT molecular complexity index is 703. The number of carbonyl (C=O) groups is 2. The van der Waals surface area contributed by atoms with Crippen LogP contribution in [0.2, 0.25) is 0 Å². The lowest BCUT2D eigenvalue weighted by Gasteiger charge is -1.99. The van der Waals surface area contributed by atoms with Crippen LogP contribution >= 0.6 is 0 Å². The highest BCUT2D eigenvalue weighted by Crippen LogP contribution is 2.10. The number of carbonyl (C=O) groups excluding carboxylic acids is 1. The van der Waals surface area contributed by atoms with E-state index in [0.29, 0.717) is 12.1 Å². The molecule has 5 nitrogen and oxygen atoms in total. The molecule has 1 N–H and O–H groups in total. The van der Waals surface area contributed by atoms with Crippen LogP contribution in [0.15, 0.2) is 48.8 Å². The number of nitrogens with zero attached hydrogens (tertiary/aromatic N) is 1. The van der Waals surface area contributed by atoms with Gasteiger partial charge >= 0.3 is 11.9 Å². The van der Waals surface area contributed by atoms with Gasteiger partial charge in [-0.2, -0.15) is 0 Å². The third-order valence-corrected chi connectivity index (χ3v) is 3.30. The first kappa shape index (κ1) is 16.4. The molecule has 0 radical (unpaired) electrons. The molecule has 0 bridgehead atoms. The Morgan fingerprint density at radius 2 is 1.61 bits per heavy atom. The zero-order chi connectivity index (χ0) is 16.7. The van der Waals surface area contributed by atoms with Crippen molar-refractivity contribution in [3.05, 3.63) is 65.5 Å². The van der Waals surface area contributed by atoms with Crippen molar-refractivity contribution in [3.8, 4) is 0 Å². The maximum Gasteiger partial charge on any atom is 0.337 e. The molecule has 0 aliphatic carbocycles. The van der Waals surface area contributed by atoms with Crippen LogP contribution in [0.3, 0.4) is 0 Å². The second-order valence-electron chi connectivity index (χ2n) is 4.96. The van der Waals surface area contributed by atoms with E-state index in [4.69, 9.17) is 5.11 Å². The molecule has 1 aromatic heterocycles. The number of carboxylic acid groups (broad SMARTS) is 1. The van der Waals surface area contributed by atoms with Gasteiger partial charge in [0.05, 0.1) is 12.7 Å². The molecule has 0 amide bonds. The van der Waals surface area contributed by atoms with Crippen LogP contribution in [-0.2, 0) is 16.1 Å². The summed E-state index contributed by atoms with van der Waals surface area (Å²) in [5, 5.41) is 8.66. The van der Waals surface area contributed by atoms with Crippen LogP contribution in [0.4, 0.5) is 0 Å². The fourth-order valence-electron chi connectivity index (χ4n) is 1.99. The van der Waals surface area contributed by atoms with Crippen LogP contribution in [0.5, 0.6) is 0 Å². The summed E-state index contributed by atoms with van der Waals surface area (Å²) in [7, 11) is 1.36. The van der Waals surface area contributed by atoms with Gasteiger partial charge in [-0.15, -0.1) is 0 Å². The van der Waals surface area contributed by atoms with E-state index in [1.807, 2.05) is 53.4 Å². The highest BCUT2D eigenvalue weighted by atomic mass is 16.5. The minimum absolute atomic E-state index is 0.104. The second-order valence-corrected chi connectivity index (χ2v) is 4.96. The molecule has 5 heteroatoms. The number of carboxylic acids is 1. The number of pyridine rings is 1. The molecule has 118 valence electrons. The molecular weight excluding hydrogens is 294 g/mol. The van der Waals surface area contributed by atoms with Gasteiger partial charge in [-0.25, -0.2) is 9.36 Å². The van der Waals surface area contributed by atoms with E-state index in [9.17, 15) is 9.59 Å². The number of methoxy groups -OCH3 is 1. The van der Waals surface area contributed by atoms with E-state index in [1.165, 1.54) is 7.11 Å². The molecule has 0 aliphatic rings. The molecule has 0 fully saturated rings. The summed E-state index contributed by atoms with van der Waals surface area (Å²) in [5.74, 6) is -1.16. The number of hydrogen-bond acceptors (Lipinski definition) is 3. The van der Waals surface area contributed by atoms with Gasteiger partial charge in [-0.1, -0.05) is 24.3 Å². The zero-order valence-electron chi connectivity index (χ0n) is 12.8. The molecular formula is C18H18NO4+. The van der Waals surface area contributed by atoms with Crippen molar-refractivity contribution in [2.45, 2.75) is 13.0 Å². The highest BCUT2D eigenvalue weighted by Gasteiger charge is 2.04. The Morgan fingerprint density at radius 3 is 2.13 bits per heavy atom. The smallest absolute Gasteiger partial charge is 0.337 e. The monoisotopic (exact) mass is 312 g/mol. The topological polar surface area (TPSA) is 67.5 Å². The third-order valence-electron chi connectivity index (χ3n) is 3.30. The lowest BCUT2D eigenvalue weighted by Crippen LogP contribution is -2.33. The zero-order valence-corrected chi connectivity index (χ0v) is 12.8. The fraction of sp³-hybridized carbons (Fsp3) is 0.167. The van der Waals surface area contributed by atoms with E-state index < -0.39 is 5.97 Å². The number of benzene rings is 1. The maximum atomic E-state index is 11.4. The van der Waals surface area contributed by atoms with Crippen molar-refractivity contribution in [1.29, 1.82) is 0 Å². The first-order chi connectivity index (χ1) is 11.1. The molecule has 23 heavy (non-hydrogen) atoms. The molecule has 2 aromatic rings. The maximum absolute atomic E-state index is 11.4. The van der Waals surface area contributed by atoms with Crippen LogP contribution in [0.25, 0.3) is 12.2 Å². The van der Waals surface area contributed by atoms with Gasteiger partial charge in [-0.3, -0.25) is 4.79 Å². The van der Waals surface area contributed by atoms with E-state index >= 15 is 0 Å². The number of aliphatic carboxylic acids is 1. The number of hydrogen-bond donors (Lipinski definition) is 1. The number of rotatable bonds is 6. The largest absolute Gasteiger partial charge is 0.481 e. The number of aryl methyl sites for hydroxylation is 1. The van der Waals surface area contributed by atoms with Gasteiger partial charge in [0.2, 0.25) is 0 Å². The quantitative estimate of drug-likeness (QED) is 0.657. The average Bonchev–Trinajstić information content (AvgIpc) is 2.58. The molecule has 0 atom stereocenters. The lowest BCUT2D eigenvalue weighted by molar-refractivity contribution is -0.696. The summed E-state index contributed by atoms with van der Waals surface area (Å²) in [6.07, 6.45) is 7.70. The molecule has 1 aromatic carbocycles. The Labute approximate surface area is 134 Å². The molecule has 0 spiro atoms. The van der Waals surface area contributed by atoms with Crippen molar-refractivity contribution in [3.63, 3.8) is 0 Å². The molecule has 0 saturated heterocycles. The molecule has 0 saturated carbocycles. The summed E-state index contributed by atoms with van der Waals surface area (Å²) < 4.78 is 6.49. The van der Waals surface area contributed by atoms with Crippen molar-refractivity contribution < 1.29 is 24.0 Å². The van der Waals surface area contributed by atoms with Crippen molar-refractivity contribution in [2.75, 3.05) is 7.11 Å². The van der Waals surface area contributed by atoms with Gasteiger partial charge in [0.1, 0.15) is 6.42 Å². The summed E-state index contributed by atoms with van der Waals surface area (Å²) in [5.41, 5.74) is 2.50. The lowest BCUT2D eigenvalue weighted by atomic mass is 10.1. The SMILES string of the molecule is COC(=O)c1ccc(/C=C\c2cc[n+](CCC(=O)O)cc2)cc1. The molecule has 0 aliphatic heterocycles. The normalized spacial score (nSPS) is 10.7. The number of esters is 1. The van der Waals surface area contributed by atoms with E-state index in [2.05, 4.69) is 4.74 Å². The van der Waals surface area contributed by atoms with Crippen LogP contribution in [0, 0.1) is 0 Å². The minimum Gasteiger partial charge on any atom is -0.481 e. The van der Waals surface area contributed by atoms with E-state index in [0.717, 1.165) is 11.1 Å². The van der Waals surface area contributed by atoms with Gasteiger partial charge < -0.3 is 9.84 Å². The summed E-state index contributed by atoms with van der Waals surface area (Å²) in [6.45, 7) is 0.453. The van der Waals surface area contributed by atoms with Crippen molar-refractivity contribution in [1.82, 2.24) is 0 Å². The van der Waals surface area contributed by atoms with Gasteiger partial charge in [0.15, 0.2) is 18.9 Å². The van der Waals surface area contributed by atoms with Gasteiger partial charge in [-0.05, 0) is 23.3 Å². The summed E-state index contributed by atoms with van der Waals surface area (Å²) in [6, 6.07) is 11.0. The predicted octanol–water partition coefficient (Wildman–Crippen LogP) is 2.41. The van der Waals surface area contributed by atoms with Gasteiger partial charge in [0, 0.05) is 12.1 Å². The molecule has 1 heterocycles. The van der Waals surface area contributed by atoms with Crippen LogP contribution in [0.1, 0.15) is 27.9 Å².